The number of rotatable bonds is 3. The Morgan fingerprint density at radius 1 is 1.16 bits per heavy atom. The Balaban J connectivity index is 1.69. The Kier molecular flexibility index (Phi) is 5.75. The molecule has 0 bridgehead atoms. The Hall–Kier alpha value is -3.22. The molecule has 2 unspecified atom stereocenters. The minimum Gasteiger partial charge on any atom is -0.444 e. The van der Waals surface area contributed by atoms with Crippen molar-refractivity contribution in [1.29, 1.82) is 0 Å². The summed E-state index contributed by atoms with van der Waals surface area (Å²) >= 11 is 0. The molecule has 1 amide bonds. The monoisotopic (exact) mass is 436 g/mol. The van der Waals surface area contributed by atoms with Crippen molar-refractivity contribution in [1.82, 2.24) is 19.7 Å². The van der Waals surface area contributed by atoms with Crippen molar-refractivity contribution in [3.8, 4) is 22.5 Å². The second kappa shape index (κ2) is 8.37. The van der Waals surface area contributed by atoms with Crippen molar-refractivity contribution >= 4 is 6.09 Å². The second-order valence-corrected chi connectivity index (χ2v) is 9.45. The van der Waals surface area contributed by atoms with Crippen molar-refractivity contribution in [2.75, 3.05) is 6.54 Å². The van der Waals surface area contributed by atoms with Crippen LogP contribution in [0.15, 0.2) is 48.8 Å². The number of benzene rings is 1. The summed E-state index contributed by atoms with van der Waals surface area (Å²) < 4.78 is 20.8. The number of carbonyl (C=O) groups excluding carboxylic acids is 1. The second-order valence-electron chi connectivity index (χ2n) is 9.45. The van der Waals surface area contributed by atoms with Crippen LogP contribution in [0, 0.1) is 5.82 Å². The molecular weight excluding hydrogens is 407 g/mol. The number of aromatic nitrogens is 3. The Morgan fingerprint density at radius 3 is 2.50 bits per heavy atom. The molecule has 0 radical (unpaired) electrons. The van der Waals surface area contributed by atoms with Gasteiger partial charge in [0, 0.05) is 49.1 Å². The molecule has 1 aliphatic heterocycles. The maximum atomic E-state index is 13.4. The molecule has 1 aromatic carbocycles. The van der Waals surface area contributed by atoms with Gasteiger partial charge in [-0.15, -0.1) is 0 Å². The summed E-state index contributed by atoms with van der Waals surface area (Å²) in [5.74, 6) is -0.165. The van der Waals surface area contributed by atoms with E-state index < -0.39 is 5.60 Å². The van der Waals surface area contributed by atoms with Gasteiger partial charge in [-0.05, 0) is 76.1 Å². The smallest absolute Gasteiger partial charge is 0.410 e. The molecule has 2 atom stereocenters. The van der Waals surface area contributed by atoms with E-state index in [2.05, 4.69) is 10.1 Å². The fourth-order valence-electron chi connectivity index (χ4n) is 4.18. The number of likely N-dealkylation sites (tertiary alicyclic amines) is 1. The van der Waals surface area contributed by atoms with Crippen LogP contribution in [0.5, 0.6) is 0 Å². The average Bonchev–Trinajstić information content (AvgIpc) is 3.32. The molecule has 4 rings (SSSR count). The maximum Gasteiger partial charge on any atom is 0.410 e. The topological polar surface area (TPSA) is 60.2 Å². The molecule has 7 heteroatoms. The number of aryl methyl sites for hydroxylation is 1. The molecule has 0 spiro atoms. The molecule has 0 aliphatic carbocycles. The highest BCUT2D eigenvalue weighted by atomic mass is 19.1. The Labute approximate surface area is 188 Å². The van der Waals surface area contributed by atoms with Crippen molar-refractivity contribution in [2.45, 2.75) is 51.7 Å². The van der Waals surface area contributed by atoms with E-state index in [1.807, 2.05) is 59.3 Å². The lowest BCUT2D eigenvalue weighted by molar-refractivity contribution is 0.0237. The summed E-state index contributed by atoms with van der Waals surface area (Å²) in [5, 5.41) is 4.61. The first-order chi connectivity index (χ1) is 15.1. The lowest BCUT2D eigenvalue weighted by Gasteiger charge is -2.27. The molecule has 1 fully saturated rings. The van der Waals surface area contributed by atoms with Crippen LogP contribution in [0.1, 0.15) is 45.6 Å². The first kappa shape index (κ1) is 22.0. The van der Waals surface area contributed by atoms with Crippen LogP contribution in [-0.2, 0) is 11.8 Å². The average molecular weight is 437 g/mol. The highest BCUT2D eigenvalue weighted by molar-refractivity contribution is 5.73. The number of pyridine rings is 1. The zero-order chi connectivity index (χ0) is 23.0. The largest absolute Gasteiger partial charge is 0.444 e. The highest BCUT2D eigenvalue weighted by Crippen LogP contribution is 2.38. The van der Waals surface area contributed by atoms with Gasteiger partial charge in [0.25, 0.3) is 0 Å². The number of nitrogens with zero attached hydrogens (tertiary/aromatic N) is 4. The van der Waals surface area contributed by atoms with Crippen molar-refractivity contribution in [2.24, 2.45) is 7.05 Å². The van der Waals surface area contributed by atoms with Crippen molar-refractivity contribution < 1.29 is 13.9 Å². The van der Waals surface area contributed by atoms with E-state index in [1.165, 1.54) is 12.1 Å². The zero-order valence-electron chi connectivity index (χ0n) is 19.2. The third-order valence-electron chi connectivity index (χ3n) is 5.71. The minimum atomic E-state index is -0.535. The number of ether oxygens (including phenoxy) is 1. The SMILES string of the molecule is CC1CC(c2cnc(-c3ccc(F)cc3)cc2-c2ccn(C)n2)CN1C(=O)OC(C)(C)C. The number of hydrogen-bond donors (Lipinski definition) is 0. The van der Waals surface area contributed by atoms with Gasteiger partial charge in [-0.3, -0.25) is 9.67 Å². The quantitative estimate of drug-likeness (QED) is 0.551. The van der Waals surface area contributed by atoms with E-state index in [1.54, 1.807) is 21.7 Å². The standard InChI is InChI=1S/C25H29FN4O2/c1-16-12-18(15-30(16)24(31)32-25(2,3)4)21-14-27-23(17-6-8-19(26)9-7-17)13-20(21)22-10-11-29(5)28-22/h6-11,13-14,16,18H,12,15H2,1-5H3. The third-order valence-corrected chi connectivity index (χ3v) is 5.71. The van der Waals surface area contributed by atoms with Crippen LogP contribution in [0.4, 0.5) is 9.18 Å². The molecule has 2 aromatic heterocycles. The summed E-state index contributed by atoms with van der Waals surface area (Å²) in [5.41, 5.74) is 3.92. The highest BCUT2D eigenvalue weighted by Gasteiger charge is 2.37. The molecule has 168 valence electrons. The first-order valence-electron chi connectivity index (χ1n) is 10.9. The molecular formula is C25H29FN4O2. The number of hydrogen-bond acceptors (Lipinski definition) is 4. The van der Waals surface area contributed by atoms with Gasteiger partial charge in [-0.2, -0.15) is 5.10 Å². The van der Waals surface area contributed by atoms with E-state index in [-0.39, 0.29) is 23.9 Å². The Morgan fingerprint density at radius 2 is 1.88 bits per heavy atom. The third kappa shape index (κ3) is 4.66. The molecule has 1 saturated heterocycles. The number of halogens is 1. The van der Waals surface area contributed by atoms with Crippen LogP contribution in [0.25, 0.3) is 22.5 Å². The first-order valence-corrected chi connectivity index (χ1v) is 10.9. The molecule has 3 aromatic rings. The van der Waals surface area contributed by atoms with Crippen molar-refractivity contribution in [3.63, 3.8) is 0 Å². The predicted molar refractivity (Wildman–Crippen MR) is 122 cm³/mol. The van der Waals surface area contributed by atoms with E-state index >= 15 is 0 Å². The van der Waals surface area contributed by atoms with Crippen molar-refractivity contribution in [3.05, 3.63) is 60.2 Å². The summed E-state index contributed by atoms with van der Waals surface area (Å²) in [7, 11) is 1.88. The molecule has 0 saturated carbocycles. The van der Waals surface area contributed by atoms with E-state index in [9.17, 15) is 9.18 Å². The summed E-state index contributed by atoms with van der Waals surface area (Å²) in [6.45, 7) is 8.24. The number of carbonyl (C=O) groups is 1. The summed E-state index contributed by atoms with van der Waals surface area (Å²) in [6.07, 6.45) is 4.30. The molecule has 32 heavy (non-hydrogen) atoms. The van der Waals surface area contributed by atoms with Gasteiger partial charge < -0.3 is 9.64 Å². The summed E-state index contributed by atoms with van der Waals surface area (Å²) in [6, 6.07) is 10.3. The molecule has 3 heterocycles. The number of amides is 1. The van der Waals surface area contributed by atoms with Crippen LogP contribution in [0.3, 0.4) is 0 Å². The van der Waals surface area contributed by atoms with E-state index in [4.69, 9.17) is 4.74 Å². The van der Waals surface area contributed by atoms with E-state index in [0.29, 0.717) is 6.54 Å². The zero-order valence-corrected chi connectivity index (χ0v) is 19.2. The molecule has 6 nitrogen and oxygen atoms in total. The van der Waals surface area contributed by atoms with Gasteiger partial charge >= 0.3 is 6.09 Å². The van der Waals surface area contributed by atoms with Gasteiger partial charge in [0.05, 0.1) is 11.4 Å². The maximum absolute atomic E-state index is 13.4. The minimum absolute atomic E-state index is 0.0585. The predicted octanol–water partition coefficient (Wildman–Crippen LogP) is 5.40. The normalized spacial score (nSPS) is 18.8. The molecule has 1 aliphatic rings. The van der Waals surface area contributed by atoms with Gasteiger partial charge in [0.15, 0.2) is 0 Å². The summed E-state index contributed by atoms with van der Waals surface area (Å²) in [4.78, 5) is 19.2. The molecule has 0 N–H and O–H groups in total. The fraction of sp³-hybridized carbons (Fsp3) is 0.400. The van der Waals surface area contributed by atoms with Crippen LogP contribution in [0.2, 0.25) is 0 Å². The van der Waals surface area contributed by atoms with Crippen LogP contribution >= 0.6 is 0 Å². The van der Waals surface area contributed by atoms with Gasteiger partial charge in [-0.1, -0.05) is 0 Å². The van der Waals surface area contributed by atoms with Gasteiger partial charge in [0.2, 0.25) is 0 Å². The lowest BCUT2D eigenvalue weighted by Crippen LogP contribution is -2.38. The van der Waals surface area contributed by atoms with E-state index in [0.717, 1.165) is 34.5 Å². The van der Waals surface area contributed by atoms with Gasteiger partial charge in [-0.25, -0.2) is 9.18 Å². The van der Waals surface area contributed by atoms with Crippen LogP contribution < -0.4 is 0 Å². The Bertz CT molecular complexity index is 1120. The van der Waals surface area contributed by atoms with Gasteiger partial charge in [0.1, 0.15) is 11.4 Å². The fourth-order valence-corrected chi connectivity index (χ4v) is 4.18. The van der Waals surface area contributed by atoms with Crippen LogP contribution in [-0.4, -0.2) is 43.9 Å². The lowest BCUT2D eigenvalue weighted by atomic mass is 9.91.